The molecule has 0 aliphatic heterocycles. The zero-order valence-electron chi connectivity index (χ0n) is 11.2. The standard InChI is InChI=1S/C13H17N3O3S/c1-2-8-14-13(20)15-9-7-12(17)10-5-3-4-6-11(10)16(18)19/h3-6H,2,7-9H2,1H3,(H2,14,15,20). The average Bonchev–Trinajstić information content (AvgIpc) is 2.44. The van der Waals surface area contributed by atoms with E-state index in [1.54, 1.807) is 6.07 Å². The number of hydrogen-bond acceptors (Lipinski definition) is 4. The Labute approximate surface area is 122 Å². The number of carbonyl (C=O) groups excluding carboxylic acids is 1. The number of nitrogens with one attached hydrogen (secondary N) is 2. The summed E-state index contributed by atoms with van der Waals surface area (Å²) < 4.78 is 0. The van der Waals surface area contributed by atoms with Gasteiger partial charge >= 0.3 is 0 Å². The lowest BCUT2D eigenvalue weighted by molar-refractivity contribution is -0.385. The summed E-state index contributed by atoms with van der Waals surface area (Å²) in [5.74, 6) is -0.275. The number of Topliss-reactive ketones (excluding diaryl/α,β-unsaturated/α-hetero) is 1. The van der Waals surface area contributed by atoms with Crippen LogP contribution in [0.25, 0.3) is 0 Å². The minimum atomic E-state index is -0.548. The number of nitro benzene ring substituents is 1. The van der Waals surface area contributed by atoms with Crippen LogP contribution < -0.4 is 10.6 Å². The van der Waals surface area contributed by atoms with Gasteiger partial charge in [-0.1, -0.05) is 19.1 Å². The normalized spacial score (nSPS) is 9.85. The lowest BCUT2D eigenvalue weighted by atomic mass is 10.1. The highest BCUT2D eigenvalue weighted by Gasteiger charge is 2.18. The van der Waals surface area contributed by atoms with Gasteiger partial charge in [-0.25, -0.2) is 0 Å². The summed E-state index contributed by atoms with van der Waals surface area (Å²) in [4.78, 5) is 22.2. The van der Waals surface area contributed by atoms with E-state index in [0.29, 0.717) is 11.7 Å². The molecule has 0 heterocycles. The van der Waals surface area contributed by atoms with Crippen LogP contribution in [-0.4, -0.2) is 28.9 Å². The van der Waals surface area contributed by atoms with Gasteiger partial charge in [0.15, 0.2) is 10.9 Å². The van der Waals surface area contributed by atoms with E-state index in [0.717, 1.165) is 13.0 Å². The number of para-hydroxylation sites is 1. The van der Waals surface area contributed by atoms with Crippen molar-refractivity contribution in [2.45, 2.75) is 19.8 Å². The van der Waals surface area contributed by atoms with E-state index in [1.807, 2.05) is 6.92 Å². The average molecular weight is 295 g/mol. The van der Waals surface area contributed by atoms with Crippen LogP contribution in [0.1, 0.15) is 30.1 Å². The SMILES string of the molecule is CCCNC(=S)NCCC(=O)c1ccccc1[N+](=O)[O-]. The zero-order valence-corrected chi connectivity index (χ0v) is 12.0. The van der Waals surface area contributed by atoms with Crippen molar-refractivity contribution in [2.75, 3.05) is 13.1 Å². The summed E-state index contributed by atoms with van der Waals surface area (Å²) in [5.41, 5.74) is -0.0316. The number of hydrogen-bond donors (Lipinski definition) is 2. The van der Waals surface area contributed by atoms with Gasteiger partial charge < -0.3 is 10.6 Å². The number of nitro groups is 1. The molecule has 0 bridgehead atoms. The van der Waals surface area contributed by atoms with E-state index in [1.165, 1.54) is 18.2 Å². The molecule has 0 saturated carbocycles. The monoisotopic (exact) mass is 295 g/mol. The van der Waals surface area contributed by atoms with Gasteiger partial charge in [-0.05, 0) is 24.7 Å². The number of nitrogens with zero attached hydrogens (tertiary/aromatic N) is 1. The second kappa shape index (κ2) is 8.21. The fourth-order valence-corrected chi connectivity index (χ4v) is 1.80. The Bertz CT molecular complexity index is 505. The molecule has 7 heteroatoms. The van der Waals surface area contributed by atoms with Gasteiger partial charge in [0.1, 0.15) is 0 Å². The van der Waals surface area contributed by atoms with Gasteiger partial charge in [-0.3, -0.25) is 14.9 Å². The van der Waals surface area contributed by atoms with Gasteiger partial charge in [0, 0.05) is 25.6 Å². The topological polar surface area (TPSA) is 84.3 Å². The summed E-state index contributed by atoms with van der Waals surface area (Å²) in [7, 11) is 0. The summed E-state index contributed by atoms with van der Waals surface area (Å²) >= 11 is 5.01. The van der Waals surface area contributed by atoms with E-state index in [2.05, 4.69) is 10.6 Å². The van der Waals surface area contributed by atoms with Crippen molar-refractivity contribution in [3.05, 3.63) is 39.9 Å². The quantitative estimate of drug-likeness (QED) is 0.346. The van der Waals surface area contributed by atoms with Crippen molar-refractivity contribution in [1.29, 1.82) is 0 Å². The molecule has 0 amide bonds. The van der Waals surface area contributed by atoms with Gasteiger partial charge in [-0.2, -0.15) is 0 Å². The Hall–Kier alpha value is -2.02. The lowest BCUT2D eigenvalue weighted by Gasteiger charge is -2.09. The third-order valence-electron chi connectivity index (χ3n) is 2.57. The molecule has 0 atom stereocenters. The number of rotatable bonds is 7. The molecule has 0 unspecified atom stereocenters. The molecule has 0 aliphatic carbocycles. The molecule has 1 rings (SSSR count). The van der Waals surface area contributed by atoms with Crippen LogP contribution in [0.15, 0.2) is 24.3 Å². The van der Waals surface area contributed by atoms with Crippen molar-refractivity contribution < 1.29 is 9.72 Å². The molecular weight excluding hydrogens is 278 g/mol. The number of ketones is 1. The molecule has 20 heavy (non-hydrogen) atoms. The second-order valence-corrected chi connectivity index (χ2v) is 4.54. The van der Waals surface area contributed by atoms with Gasteiger partial charge in [0.25, 0.3) is 5.69 Å². The Kier molecular flexibility index (Phi) is 6.58. The summed E-state index contributed by atoms with van der Waals surface area (Å²) in [5, 5.41) is 17.2. The highest BCUT2D eigenvalue weighted by molar-refractivity contribution is 7.80. The Balaban J connectivity index is 2.52. The largest absolute Gasteiger partial charge is 0.363 e. The number of carbonyl (C=O) groups is 1. The van der Waals surface area contributed by atoms with Crippen LogP contribution in [-0.2, 0) is 0 Å². The van der Waals surface area contributed by atoms with Crippen molar-refractivity contribution in [3.63, 3.8) is 0 Å². The summed E-state index contributed by atoms with van der Waals surface area (Å²) in [6.45, 7) is 3.14. The third-order valence-corrected chi connectivity index (χ3v) is 2.86. The molecule has 0 spiro atoms. The molecule has 0 aromatic heterocycles. The Morgan fingerprint density at radius 3 is 2.60 bits per heavy atom. The molecule has 108 valence electrons. The zero-order chi connectivity index (χ0) is 15.0. The van der Waals surface area contributed by atoms with E-state index in [-0.39, 0.29) is 23.5 Å². The van der Waals surface area contributed by atoms with E-state index in [9.17, 15) is 14.9 Å². The van der Waals surface area contributed by atoms with Crippen molar-refractivity contribution >= 4 is 28.8 Å². The molecule has 0 saturated heterocycles. The fourth-order valence-electron chi connectivity index (χ4n) is 1.59. The second-order valence-electron chi connectivity index (χ2n) is 4.13. The number of thiocarbonyl (C=S) groups is 1. The van der Waals surface area contributed by atoms with Gasteiger partial charge in [0.05, 0.1) is 10.5 Å². The molecule has 6 nitrogen and oxygen atoms in total. The molecule has 0 fully saturated rings. The first kappa shape index (κ1) is 16.0. The maximum atomic E-state index is 12.0. The minimum absolute atomic E-state index is 0.131. The van der Waals surface area contributed by atoms with Crippen molar-refractivity contribution in [1.82, 2.24) is 10.6 Å². The molecule has 0 radical (unpaired) electrons. The maximum absolute atomic E-state index is 12.0. The minimum Gasteiger partial charge on any atom is -0.363 e. The van der Waals surface area contributed by atoms with Crippen LogP contribution in [0.2, 0.25) is 0 Å². The fraction of sp³-hybridized carbons (Fsp3) is 0.385. The lowest BCUT2D eigenvalue weighted by Crippen LogP contribution is -2.36. The maximum Gasteiger partial charge on any atom is 0.280 e. The molecule has 0 aliphatic rings. The first-order valence-electron chi connectivity index (χ1n) is 6.34. The van der Waals surface area contributed by atoms with Crippen LogP contribution in [0.5, 0.6) is 0 Å². The van der Waals surface area contributed by atoms with Crippen molar-refractivity contribution in [2.24, 2.45) is 0 Å². The van der Waals surface area contributed by atoms with Gasteiger partial charge in [-0.15, -0.1) is 0 Å². The first-order valence-corrected chi connectivity index (χ1v) is 6.75. The molecule has 1 aromatic carbocycles. The summed E-state index contributed by atoms with van der Waals surface area (Å²) in [6.07, 6.45) is 1.11. The molecule has 2 N–H and O–H groups in total. The van der Waals surface area contributed by atoms with Crippen molar-refractivity contribution in [3.8, 4) is 0 Å². The van der Waals surface area contributed by atoms with Crippen LogP contribution in [0, 0.1) is 10.1 Å². The third kappa shape index (κ3) is 4.93. The van der Waals surface area contributed by atoms with E-state index < -0.39 is 4.92 Å². The molecular formula is C13H17N3O3S. The summed E-state index contributed by atoms with van der Waals surface area (Å²) in [6, 6.07) is 5.94. The van der Waals surface area contributed by atoms with E-state index >= 15 is 0 Å². The first-order chi connectivity index (χ1) is 9.56. The predicted molar refractivity (Wildman–Crippen MR) is 80.9 cm³/mol. The number of benzene rings is 1. The Morgan fingerprint density at radius 2 is 1.95 bits per heavy atom. The van der Waals surface area contributed by atoms with Crippen LogP contribution in [0.3, 0.4) is 0 Å². The highest BCUT2D eigenvalue weighted by atomic mass is 32.1. The Morgan fingerprint density at radius 1 is 1.30 bits per heavy atom. The highest BCUT2D eigenvalue weighted by Crippen LogP contribution is 2.18. The molecule has 1 aromatic rings. The smallest absolute Gasteiger partial charge is 0.280 e. The van der Waals surface area contributed by atoms with E-state index in [4.69, 9.17) is 12.2 Å². The van der Waals surface area contributed by atoms with Crippen LogP contribution in [0.4, 0.5) is 5.69 Å². The van der Waals surface area contributed by atoms with Crippen LogP contribution >= 0.6 is 12.2 Å². The van der Waals surface area contributed by atoms with Gasteiger partial charge in [0.2, 0.25) is 0 Å². The predicted octanol–water partition coefficient (Wildman–Crippen LogP) is 2.04.